The van der Waals surface area contributed by atoms with Crippen molar-refractivity contribution < 1.29 is 0 Å². The van der Waals surface area contributed by atoms with Crippen LogP contribution in [0, 0.1) is 0 Å². The number of halogens is 2. The van der Waals surface area contributed by atoms with Crippen molar-refractivity contribution in [2.75, 3.05) is 19.6 Å². The normalized spacial score (nSPS) is 17.0. The van der Waals surface area contributed by atoms with Crippen molar-refractivity contribution in [1.82, 2.24) is 4.90 Å². The Morgan fingerprint density at radius 3 is 2.18 bits per heavy atom. The molecular formula is C13H22Cl2N2. The molecular weight excluding hydrogens is 255 g/mol. The highest BCUT2D eigenvalue weighted by molar-refractivity contribution is 5.85. The zero-order chi connectivity index (χ0) is 10.5. The number of rotatable bonds is 4. The van der Waals surface area contributed by atoms with E-state index in [-0.39, 0.29) is 24.8 Å². The zero-order valence-electron chi connectivity index (χ0n) is 10.0. The summed E-state index contributed by atoms with van der Waals surface area (Å²) in [5.41, 5.74) is 7.26. The maximum absolute atomic E-state index is 5.86. The van der Waals surface area contributed by atoms with Gasteiger partial charge in [-0.3, -0.25) is 4.90 Å². The third kappa shape index (κ3) is 4.84. The Morgan fingerprint density at radius 2 is 1.65 bits per heavy atom. The fourth-order valence-corrected chi connectivity index (χ4v) is 2.35. The van der Waals surface area contributed by atoms with Crippen LogP contribution in [0.4, 0.5) is 0 Å². The lowest BCUT2D eigenvalue weighted by Gasteiger charge is -2.26. The number of nitrogens with zero attached hydrogens (tertiary/aromatic N) is 1. The van der Waals surface area contributed by atoms with Gasteiger partial charge in [0.25, 0.3) is 0 Å². The van der Waals surface area contributed by atoms with Gasteiger partial charge in [0.1, 0.15) is 0 Å². The predicted molar refractivity (Wildman–Crippen MR) is 78.3 cm³/mol. The average molecular weight is 277 g/mol. The maximum atomic E-state index is 5.86. The second-order valence-corrected chi connectivity index (χ2v) is 4.32. The number of nitrogens with two attached hydrogens (primary N) is 1. The molecule has 0 bridgehead atoms. The summed E-state index contributed by atoms with van der Waals surface area (Å²) in [6.45, 7) is 3.23. The fraction of sp³-hybridized carbons (Fsp3) is 0.538. The van der Waals surface area contributed by atoms with Crippen molar-refractivity contribution >= 4 is 24.8 Å². The summed E-state index contributed by atoms with van der Waals surface area (Å²) in [5.74, 6) is 0. The molecule has 1 aliphatic heterocycles. The molecule has 1 heterocycles. The minimum absolute atomic E-state index is 0. The highest BCUT2D eigenvalue weighted by atomic mass is 35.5. The van der Waals surface area contributed by atoms with Gasteiger partial charge in [0.2, 0.25) is 0 Å². The fourth-order valence-electron chi connectivity index (χ4n) is 2.35. The maximum Gasteiger partial charge on any atom is 0.0258 e. The largest absolute Gasteiger partial charge is 0.329 e. The number of likely N-dealkylation sites (tertiary alicyclic amines) is 1. The van der Waals surface area contributed by atoms with Gasteiger partial charge < -0.3 is 5.73 Å². The first-order valence-electron chi connectivity index (χ1n) is 5.88. The van der Waals surface area contributed by atoms with Crippen LogP contribution in [0.25, 0.3) is 0 Å². The second-order valence-electron chi connectivity index (χ2n) is 4.32. The lowest BCUT2D eigenvalue weighted by Crippen LogP contribution is -2.40. The van der Waals surface area contributed by atoms with Crippen molar-refractivity contribution in [1.29, 1.82) is 0 Å². The van der Waals surface area contributed by atoms with Crippen molar-refractivity contribution in [3.63, 3.8) is 0 Å². The predicted octanol–water partition coefficient (Wildman–Crippen LogP) is 2.50. The van der Waals surface area contributed by atoms with Gasteiger partial charge in [-0.05, 0) is 37.9 Å². The molecule has 0 spiro atoms. The molecule has 1 atom stereocenters. The van der Waals surface area contributed by atoms with Crippen LogP contribution in [0.5, 0.6) is 0 Å². The summed E-state index contributed by atoms with van der Waals surface area (Å²) in [7, 11) is 0. The van der Waals surface area contributed by atoms with Crippen LogP contribution in [-0.4, -0.2) is 30.6 Å². The van der Waals surface area contributed by atoms with Gasteiger partial charge in [0.15, 0.2) is 0 Å². The van der Waals surface area contributed by atoms with Gasteiger partial charge >= 0.3 is 0 Å². The van der Waals surface area contributed by atoms with E-state index in [1.807, 2.05) is 0 Å². The van der Waals surface area contributed by atoms with E-state index in [2.05, 4.69) is 35.2 Å². The van der Waals surface area contributed by atoms with Crippen LogP contribution in [0.1, 0.15) is 18.4 Å². The van der Waals surface area contributed by atoms with Crippen LogP contribution in [0.15, 0.2) is 30.3 Å². The molecule has 2 nitrogen and oxygen atoms in total. The summed E-state index contributed by atoms with van der Waals surface area (Å²) in [4.78, 5) is 2.53. The van der Waals surface area contributed by atoms with Crippen LogP contribution in [0.3, 0.4) is 0 Å². The second kappa shape index (κ2) is 8.76. The van der Waals surface area contributed by atoms with Crippen LogP contribution < -0.4 is 5.73 Å². The molecule has 0 saturated carbocycles. The van der Waals surface area contributed by atoms with Gasteiger partial charge in [0, 0.05) is 12.6 Å². The van der Waals surface area contributed by atoms with Gasteiger partial charge in [-0.25, -0.2) is 0 Å². The quantitative estimate of drug-likeness (QED) is 0.916. The smallest absolute Gasteiger partial charge is 0.0258 e. The van der Waals surface area contributed by atoms with E-state index < -0.39 is 0 Å². The molecule has 1 aromatic rings. The van der Waals surface area contributed by atoms with Crippen LogP contribution in [-0.2, 0) is 6.42 Å². The molecule has 1 fully saturated rings. The topological polar surface area (TPSA) is 29.3 Å². The Morgan fingerprint density at radius 1 is 1.06 bits per heavy atom. The van der Waals surface area contributed by atoms with Gasteiger partial charge in [0.05, 0.1) is 0 Å². The molecule has 4 heteroatoms. The van der Waals surface area contributed by atoms with E-state index in [4.69, 9.17) is 5.73 Å². The van der Waals surface area contributed by atoms with E-state index in [0.717, 1.165) is 13.0 Å². The summed E-state index contributed by atoms with van der Waals surface area (Å²) in [5, 5.41) is 0. The Kier molecular flexibility index (Phi) is 8.61. The Labute approximate surface area is 116 Å². The molecule has 2 rings (SSSR count). The Hall–Kier alpha value is -0.280. The van der Waals surface area contributed by atoms with E-state index in [1.165, 1.54) is 31.5 Å². The summed E-state index contributed by atoms with van der Waals surface area (Å²) in [6.07, 6.45) is 3.77. The van der Waals surface area contributed by atoms with Crippen molar-refractivity contribution in [2.24, 2.45) is 5.73 Å². The molecule has 1 unspecified atom stereocenters. The van der Waals surface area contributed by atoms with Crippen molar-refractivity contribution in [2.45, 2.75) is 25.3 Å². The third-order valence-electron chi connectivity index (χ3n) is 3.24. The van der Waals surface area contributed by atoms with Gasteiger partial charge in [-0.15, -0.1) is 24.8 Å². The standard InChI is InChI=1S/C13H20N2.2ClH/c14-11-13(15-8-4-5-9-15)10-12-6-2-1-3-7-12;;/h1-3,6-7,13H,4-5,8-11,14H2;2*1H. The lowest BCUT2D eigenvalue weighted by molar-refractivity contribution is 0.246. The first kappa shape index (κ1) is 16.7. The zero-order valence-corrected chi connectivity index (χ0v) is 11.7. The van der Waals surface area contributed by atoms with E-state index >= 15 is 0 Å². The molecule has 17 heavy (non-hydrogen) atoms. The van der Waals surface area contributed by atoms with Gasteiger partial charge in [-0.1, -0.05) is 30.3 Å². The van der Waals surface area contributed by atoms with Crippen molar-refractivity contribution in [3.05, 3.63) is 35.9 Å². The SMILES string of the molecule is Cl.Cl.NCC(Cc1ccccc1)N1CCCC1. The number of hydrogen-bond donors (Lipinski definition) is 1. The third-order valence-corrected chi connectivity index (χ3v) is 3.24. The highest BCUT2D eigenvalue weighted by Gasteiger charge is 2.20. The Balaban J connectivity index is 0.00000128. The first-order valence-corrected chi connectivity index (χ1v) is 5.88. The monoisotopic (exact) mass is 276 g/mol. The van der Waals surface area contributed by atoms with Crippen molar-refractivity contribution in [3.8, 4) is 0 Å². The minimum atomic E-state index is 0. The van der Waals surface area contributed by atoms with E-state index in [0.29, 0.717) is 6.04 Å². The van der Waals surface area contributed by atoms with E-state index in [1.54, 1.807) is 0 Å². The Bertz CT molecular complexity index is 287. The summed E-state index contributed by atoms with van der Waals surface area (Å²) < 4.78 is 0. The lowest BCUT2D eigenvalue weighted by atomic mass is 10.1. The number of hydrogen-bond acceptors (Lipinski definition) is 2. The molecule has 1 saturated heterocycles. The number of benzene rings is 1. The molecule has 0 radical (unpaired) electrons. The molecule has 0 amide bonds. The molecule has 1 aliphatic rings. The molecule has 1 aromatic carbocycles. The van der Waals surface area contributed by atoms with E-state index in [9.17, 15) is 0 Å². The molecule has 2 N–H and O–H groups in total. The molecule has 0 aliphatic carbocycles. The molecule has 98 valence electrons. The van der Waals surface area contributed by atoms with Crippen LogP contribution >= 0.6 is 24.8 Å². The first-order chi connectivity index (χ1) is 7.40. The van der Waals surface area contributed by atoms with Crippen LogP contribution in [0.2, 0.25) is 0 Å². The summed E-state index contributed by atoms with van der Waals surface area (Å²) in [6, 6.07) is 11.2. The molecule has 0 aromatic heterocycles. The minimum Gasteiger partial charge on any atom is -0.329 e. The average Bonchev–Trinajstić information content (AvgIpc) is 2.81. The highest BCUT2D eigenvalue weighted by Crippen LogP contribution is 2.14. The summed E-state index contributed by atoms with van der Waals surface area (Å²) >= 11 is 0. The van der Waals surface area contributed by atoms with Gasteiger partial charge in [-0.2, -0.15) is 0 Å².